The number of hydrogen-bond acceptors (Lipinski definition) is 1. The first-order valence-corrected chi connectivity index (χ1v) is 15.0. The molecular formula is C42H29NO. The maximum Gasteiger partial charge on any atom is 0.135 e. The van der Waals surface area contributed by atoms with Crippen molar-refractivity contribution in [1.82, 2.24) is 4.57 Å². The fourth-order valence-electron chi connectivity index (χ4n) is 6.68. The fraction of sp³-hybridized carbons (Fsp3) is 0.0476. The van der Waals surface area contributed by atoms with Crippen LogP contribution in [0.25, 0.3) is 50.5 Å². The Morgan fingerprint density at radius 3 is 2.23 bits per heavy atom. The van der Waals surface area contributed by atoms with Gasteiger partial charge in [0.15, 0.2) is 0 Å². The molecule has 2 nitrogen and oxygen atoms in total. The third-order valence-electron chi connectivity index (χ3n) is 8.75. The van der Waals surface area contributed by atoms with Gasteiger partial charge >= 0.3 is 0 Å². The van der Waals surface area contributed by atoms with Gasteiger partial charge in [0.2, 0.25) is 0 Å². The molecule has 0 saturated carbocycles. The number of benzene rings is 5. The molecule has 208 valence electrons. The molecular weight excluding hydrogens is 534 g/mol. The Labute approximate surface area is 257 Å². The van der Waals surface area contributed by atoms with Crippen LogP contribution >= 0.6 is 0 Å². The lowest BCUT2D eigenvalue weighted by molar-refractivity contribution is 0.487. The van der Waals surface area contributed by atoms with Gasteiger partial charge in [-0.25, -0.2) is 0 Å². The largest absolute Gasteiger partial charge is 0.456 e. The van der Waals surface area contributed by atoms with Crippen molar-refractivity contribution in [2.24, 2.45) is 0 Å². The predicted octanol–water partition coefficient (Wildman–Crippen LogP) is 10.7. The first kappa shape index (κ1) is 25.9. The summed E-state index contributed by atoms with van der Waals surface area (Å²) in [6.45, 7) is 2.06. The highest BCUT2D eigenvalue weighted by atomic mass is 16.5. The molecule has 1 aliphatic carbocycles. The van der Waals surface area contributed by atoms with Gasteiger partial charge in [-0.2, -0.15) is 0 Å². The summed E-state index contributed by atoms with van der Waals surface area (Å²) >= 11 is 0. The summed E-state index contributed by atoms with van der Waals surface area (Å²) in [5.41, 5.74) is 13.6. The van der Waals surface area contributed by atoms with Gasteiger partial charge in [0, 0.05) is 45.5 Å². The molecule has 0 fully saturated rings. The van der Waals surface area contributed by atoms with Crippen LogP contribution < -0.4 is 4.74 Å². The number of aromatic nitrogens is 1. The minimum atomic E-state index is 0.751. The van der Waals surface area contributed by atoms with E-state index in [9.17, 15) is 0 Å². The van der Waals surface area contributed by atoms with Crippen LogP contribution in [0.5, 0.6) is 11.5 Å². The third kappa shape index (κ3) is 4.14. The van der Waals surface area contributed by atoms with Crippen LogP contribution in [0.2, 0.25) is 0 Å². The summed E-state index contributed by atoms with van der Waals surface area (Å²) < 4.78 is 8.93. The molecule has 2 aliphatic rings. The second-order valence-electron chi connectivity index (χ2n) is 11.2. The molecule has 0 spiro atoms. The quantitative estimate of drug-likeness (QED) is 0.153. The summed E-state index contributed by atoms with van der Waals surface area (Å²) in [6, 6.07) is 42.4. The molecule has 0 amide bonds. The number of allylic oxidation sites excluding steroid dienone is 5. The van der Waals surface area contributed by atoms with Crippen molar-refractivity contribution < 1.29 is 4.74 Å². The molecule has 0 radical (unpaired) electrons. The highest BCUT2D eigenvalue weighted by Crippen LogP contribution is 2.48. The van der Waals surface area contributed by atoms with Crippen molar-refractivity contribution in [2.75, 3.05) is 0 Å². The second kappa shape index (κ2) is 10.5. The Hall–Kier alpha value is -5.78. The molecule has 2 heterocycles. The first-order valence-electron chi connectivity index (χ1n) is 15.0. The highest BCUT2D eigenvalue weighted by molar-refractivity contribution is 5.97. The van der Waals surface area contributed by atoms with Crippen molar-refractivity contribution >= 4 is 22.6 Å². The number of hydrogen-bond donors (Lipinski definition) is 0. The number of fused-ring (bicyclic) bond motifs is 8. The zero-order chi connectivity index (χ0) is 29.6. The lowest BCUT2D eigenvalue weighted by Gasteiger charge is -2.15. The van der Waals surface area contributed by atoms with Crippen LogP contribution in [-0.2, 0) is 6.42 Å². The van der Waals surface area contributed by atoms with Gasteiger partial charge < -0.3 is 9.30 Å². The van der Waals surface area contributed by atoms with Crippen LogP contribution in [0.3, 0.4) is 0 Å². The van der Waals surface area contributed by atoms with Gasteiger partial charge in [0.1, 0.15) is 11.5 Å². The minimum Gasteiger partial charge on any atom is -0.456 e. The smallest absolute Gasteiger partial charge is 0.135 e. The number of ether oxygens (including phenoxy) is 1. The SMILES string of the molecule is C#C/C(=C\C(=C/C)c1ccccc1)C1=Cc2c(n(-c3ccc4c(c3)-c3ccccc3-c3ccccc3O4)c3ccccc23)C1. The summed E-state index contributed by atoms with van der Waals surface area (Å²) in [7, 11) is 0. The van der Waals surface area contributed by atoms with E-state index in [-0.39, 0.29) is 0 Å². The molecule has 0 unspecified atom stereocenters. The lowest BCUT2D eigenvalue weighted by Crippen LogP contribution is -2.02. The molecule has 6 aromatic rings. The standard InChI is InChI=1S/C42H29NO/c1-3-28(30-14-6-5-7-15-30)24-29(4-2)31-25-37-35-18-10-12-20-39(35)43(40(37)26-31)32-22-23-42-38(27-32)34-17-9-8-16-33(34)36-19-11-13-21-41(36)44-42/h2-3,5-25,27H,26H2,1H3/b28-3+,29-24+. The van der Waals surface area contributed by atoms with Crippen molar-refractivity contribution in [3.63, 3.8) is 0 Å². The maximum atomic E-state index is 6.53. The molecule has 1 aliphatic heterocycles. The zero-order valence-corrected chi connectivity index (χ0v) is 24.4. The van der Waals surface area contributed by atoms with Crippen LogP contribution in [0.1, 0.15) is 23.7 Å². The van der Waals surface area contributed by atoms with Crippen LogP contribution in [0.4, 0.5) is 0 Å². The molecule has 5 aromatic carbocycles. The Morgan fingerprint density at radius 2 is 1.43 bits per heavy atom. The van der Waals surface area contributed by atoms with E-state index in [2.05, 4.69) is 139 Å². The van der Waals surface area contributed by atoms with E-state index in [0.717, 1.165) is 57.0 Å². The number of rotatable bonds is 4. The van der Waals surface area contributed by atoms with Gasteiger partial charge in [-0.3, -0.25) is 0 Å². The second-order valence-corrected chi connectivity index (χ2v) is 11.2. The minimum absolute atomic E-state index is 0.751. The molecule has 0 N–H and O–H groups in total. The monoisotopic (exact) mass is 563 g/mol. The Morgan fingerprint density at radius 1 is 0.750 bits per heavy atom. The number of para-hydroxylation sites is 2. The van der Waals surface area contributed by atoms with E-state index in [4.69, 9.17) is 11.2 Å². The molecule has 2 heteroatoms. The van der Waals surface area contributed by atoms with E-state index >= 15 is 0 Å². The summed E-state index contributed by atoms with van der Waals surface area (Å²) in [4.78, 5) is 0. The average Bonchev–Trinajstić information content (AvgIpc) is 3.59. The lowest BCUT2D eigenvalue weighted by atomic mass is 9.94. The maximum absolute atomic E-state index is 6.53. The summed E-state index contributed by atoms with van der Waals surface area (Å²) in [5, 5.41) is 1.22. The Balaban J connectivity index is 1.26. The normalized spacial score (nSPS) is 13.6. The van der Waals surface area contributed by atoms with E-state index in [1.165, 1.54) is 33.3 Å². The Kier molecular flexibility index (Phi) is 6.17. The van der Waals surface area contributed by atoms with E-state index in [0.29, 0.717) is 0 Å². The van der Waals surface area contributed by atoms with Crippen LogP contribution in [0.15, 0.2) is 145 Å². The number of terminal acetylenes is 1. The molecule has 1 aromatic heterocycles. The molecule has 0 atom stereocenters. The average molecular weight is 564 g/mol. The van der Waals surface area contributed by atoms with E-state index in [1.54, 1.807) is 0 Å². The third-order valence-corrected chi connectivity index (χ3v) is 8.75. The fourth-order valence-corrected chi connectivity index (χ4v) is 6.68. The first-order chi connectivity index (χ1) is 21.7. The summed E-state index contributed by atoms with van der Waals surface area (Å²) in [5.74, 6) is 4.73. The van der Waals surface area contributed by atoms with Gasteiger partial charge in [0.25, 0.3) is 0 Å². The van der Waals surface area contributed by atoms with E-state index < -0.39 is 0 Å². The van der Waals surface area contributed by atoms with Gasteiger partial charge in [-0.15, -0.1) is 6.42 Å². The van der Waals surface area contributed by atoms with Crippen LogP contribution in [-0.4, -0.2) is 4.57 Å². The molecule has 0 saturated heterocycles. The summed E-state index contributed by atoms with van der Waals surface area (Å²) in [6.07, 6.45) is 13.5. The Bertz CT molecular complexity index is 2230. The van der Waals surface area contributed by atoms with Gasteiger partial charge in [-0.1, -0.05) is 103 Å². The topological polar surface area (TPSA) is 14.2 Å². The van der Waals surface area contributed by atoms with Gasteiger partial charge in [0.05, 0.1) is 5.52 Å². The molecule has 8 rings (SSSR count). The van der Waals surface area contributed by atoms with E-state index in [1.807, 2.05) is 18.2 Å². The van der Waals surface area contributed by atoms with Crippen LogP contribution in [0, 0.1) is 12.3 Å². The van der Waals surface area contributed by atoms with Gasteiger partial charge in [-0.05, 0) is 77.2 Å². The molecule has 44 heavy (non-hydrogen) atoms. The predicted molar refractivity (Wildman–Crippen MR) is 183 cm³/mol. The van der Waals surface area contributed by atoms with Crippen molar-refractivity contribution in [3.05, 3.63) is 161 Å². The van der Waals surface area contributed by atoms with Crippen molar-refractivity contribution in [1.29, 1.82) is 0 Å². The highest BCUT2D eigenvalue weighted by Gasteiger charge is 2.26. The zero-order valence-electron chi connectivity index (χ0n) is 24.4. The van der Waals surface area contributed by atoms with Crippen molar-refractivity contribution in [3.8, 4) is 51.8 Å². The molecule has 0 bridgehead atoms. The number of nitrogens with zero attached hydrogens (tertiary/aromatic N) is 1. The van der Waals surface area contributed by atoms with Crippen molar-refractivity contribution in [2.45, 2.75) is 13.3 Å².